The topological polar surface area (TPSA) is 64.8 Å². The normalized spacial score (nSPS) is 21.9. The minimum atomic E-state index is -0.844. The summed E-state index contributed by atoms with van der Waals surface area (Å²) >= 11 is 0. The van der Waals surface area contributed by atoms with E-state index in [9.17, 15) is 10.1 Å². The van der Waals surface area contributed by atoms with Crippen LogP contribution in [0, 0.1) is 10.1 Å². The number of para-hydroxylation sites is 1. The van der Waals surface area contributed by atoms with Crippen molar-refractivity contribution in [2.75, 3.05) is 19.1 Å². The number of rotatable bonds is 2. The summed E-state index contributed by atoms with van der Waals surface area (Å²) < 4.78 is 11.6. The smallest absolute Gasteiger partial charge is 0.315 e. The molecule has 0 aliphatic carbocycles. The summed E-state index contributed by atoms with van der Waals surface area (Å²) in [6.07, 6.45) is 3.87. The molecule has 2 heterocycles. The van der Waals surface area contributed by atoms with E-state index in [4.69, 9.17) is 9.47 Å². The van der Waals surface area contributed by atoms with Crippen molar-refractivity contribution in [3.05, 3.63) is 63.7 Å². The monoisotopic (exact) mass is 352 g/mol. The van der Waals surface area contributed by atoms with Gasteiger partial charge in [-0.05, 0) is 43.7 Å². The fourth-order valence-electron chi connectivity index (χ4n) is 4.09. The number of hydrogen-bond donors (Lipinski definition) is 0. The van der Waals surface area contributed by atoms with Crippen LogP contribution in [0.5, 0.6) is 11.5 Å². The average Bonchev–Trinajstić information content (AvgIpc) is 2.80. The highest BCUT2D eigenvalue weighted by molar-refractivity contribution is 5.75. The van der Waals surface area contributed by atoms with Crippen LogP contribution in [-0.2, 0) is 5.41 Å². The number of hydrogen-bond acceptors (Lipinski definition) is 5. The number of fused-ring (bicyclic) bond motifs is 2. The van der Waals surface area contributed by atoms with Gasteiger partial charge in [-0.25, -0.2) is 0 Å². The summed E-state index contributed by atoms with van der Waals surface area (Å²) in [6.45, 7) is 4.19. The number of benzene rings is 2. The second-order valence-electron chi connectivity index (χ2n) is 7.15. The first kappa shape index (κ1) is 16.4. The Kier molecular flexibility index (Phi) is 3.31. The highest BCUT2D eigenvalue weighted by Gasteiger charge is 2.58. The van der Waals surface area contributed by atoms with Gasteiger partial charge in [0, 0.05) is 18.3 Å². The minimum Gasteiger partial charge on any atom is -0.496 e. The zero-order valence-electron chi connectivity index (χ0n) is 15.1. The lowest BCUT2D eigenvalue weighted by molar-refractivity contribution is -0.386. The van der Waals surface area contributed by atoms with Crippen LogP contribution in [0.15, 0.2) is 42.5 Å². The SMILES string of the molecule is COc1cc2c(c([N+](=O)[O-])c1)OC1(C=C2)N(C)c2ccccc2C1(C)C. The fourth-order valence-corrected chi connectivity index (χ4v) is 4.09. The van der Waals surface area contributed by atoms with E-state index < -0.39 is 16.1 Å². The van der Waals surface area contributed by atoms with Crippen LogP contribution in [-0.4, -0.2) is 24.8 Å². The van der Waals surface area contributed by atoms with Gasteiger partial charge in [0.2, 0.25) is 11.5 Å². The second kappa shape index (κ2) is 5.24. The number of methoxy groups -OCH3 is 1. The van der Waals surface area contributed by atoms with Crippen LogP contribution >= 0.6 is 0 Å². The van der Waals surface area contributed by atoms with Crippen LogP contribution in [0.3, 0.4) is 0 Å². The van der Waals surface area contributed by atoms with Crippen molar-refractivity contribution in [2.24, 2.45) is 0 Å². The first-order chi connectivity index (χ1) is 12.3. The van der Waals surface area contributed by atoms with Gasteiger partial charge in [0.05, 0.1) is 23.5 Å². The molecule has 0 radical (unpaired) electrons. The van der Waals surface area contributed by atoms with Crippen LogP contribution in [0.2, 0.25) is 0 Å². The Morgan fingerprint density at radius 2 is 1.96 bits per heavy atom. The zero-order chi connectivity index (χ0) is 18.7. The molecule has 1 atom stereocenters. The average molecular weight is 352 g/mol. The molecule has 2 aliphatic heterocycles. The fraction of sp³-hybridized carbons (Fsp3) is 0.300. The third-order valence-electron chi connectivity index (χ3n) is 5.58. The molecule has 0 aromatic heterocycles. The molecule has 2 aromatic rings. The number of likely N-dealkylation sites (N-methyl/N-ethyl adjacent to an activating group) is 1. The Bertz CT molecular complexity index is 951. The number of nitrogens with zero attached hydrogens (tertiary/aromatic N) is 2. The number of ether oxygens (including phenoxy) is 2. The molecule has 1 spiro atoms. The van der Waals surface area contributed by atoms with Crippen molar-refractivity contribution in [2.45, 2.75) is 25.0 Å². The van der Waals surface area contributed by atoms with Gasteiger partial charge in [-0.15, -0.1) is 0 Å². The van der Waals surface area contributed by atoms with Crippen molar-refractivity contribution in [1.82, 2.24) is 0 Å². The molecule has 6 nitrogen and oxygen atoms in total. The number of nitro groups is 1. The zero-order valence-corrected chi connectivity index (χ0v) is 15.1. The minimum absolute atomic E-state index is 0.0942. The van der Waals surface area contributed by atoms with Crippen molar-refractivity contribution < 1.29 is 14.4 Å². The van der Waals surface area contributed by atoms with E-state index in [1.165, 1.54) is 13.2 Å². The van der Waals surface area contributed by atoms with E-state index in [-0.39, 0.29) is 11.4 Å². The lowest BCUT2D eigenvalue weighted by atomic mass is 9.76. The summed E-state index contributed by atoms with van der Waals surface area (Å²) in [4.78, 5) is 13.3. The molecule has 0 saturated heterocycles. The van der Waals surface area contributed by atoms with E-state index in [1.54, 1.807) is 6.07 Å². The first-order valence-electron chi connectivity index (χ1n) is 8.40. The molecule has 134 valence electrons. The Labute approximate surface area is 151 Å². The predicted octanol–water partition coefficient (Wildman–Crippen LogP) is 4.13. The standard InChI is InChI=1S/C20H20N2O4/c1-19(2)15-7-5-6-8-16(15)21(3)20(19)10-9-13-11-14(25-4)12-17(22(23)24)18(13)26-20/h5-12H,1-4H3. The summed E-state index contributed by atoms with van der Waals surface area (Å²) in [5.41, 5.74) is 1.50. The van der Waals surface area contributed by atoms with E-state index in [2.05, 4.69) is 24.8 Å². The number of nitro benzene ring substituents is 1. The summed E-state index contributed by atoms with van der Waals surface area (Å²) in [6, 6.07) is 11.3. The van der Waals surface area contributed by atoms with Gasteiger partial charge in [0.1, 0.15) is 5.75 Å². The van der Waals surface area contributed by atoms with Gasteiger partial charge in [0.15, 0.2) is 0 Å². The van der Waals surface area contributed by atoms with E-state index >= 15 is 0 Å². The maximum absolute atomic E-state index is 11.6. The summed E-state index contributed by atoms with van der Waals surface area (Å²) in [5, 5.41) is 11.6. The van der Waals surface area contributed by atoms with Gasteiger partial charge in [-0.3, -0.25) is 10.1 Å². The molecule has 6 heteroatoms. The largest absolute Gasteiger partial charge is 0.496 e. The van der Waals surface area contributed by atoms with E-state index in [1.807, 2.05) is 37.4 Å². The predicted molar refractivity (Wildman–Crippen MR) is 99.9 cm³/mol. The molecule has 0 fully saturated rings. The Morgan fingerprint density at radius 3 is 2.62 bits per heavy atom. The molecule has 2 aromatic carbocycles. The van der Waals surface area contributed by atoms with Gasteiger partial charge >= 0.3 is 5.69 Å². The van der Waals surface area contributed by atoms with Gasteiger partial charge < -0.3 is 14.4 Å². The third kappa shape index (κ3) is 1.92. The molecular formula is C20H20N2O4. The Hall–Kier alpha value is -3.02. The maximum Gasteiger partial charge on any atom is 0.315 e. The van der Waals surface area contributed by atoms with Crippen LogP contribution in [0.25, 0.3) is 6.08 Å². The highest BCUT2D eigenvalue weighted by atomic mass is 16.6. The quantitative estimate of drug-likeness (QED) is 0.600. The van der Waals surface area contributed by atoms with Crippen molar-refractivity contribution in [1.29, 1.82) is 0 Å². The first-order valence-corrected chi connectivity index (χ1v) is 8.40. The second-order valence-corrected chi connectivity index (χ2v) is 7.15. The molecule has 4 rings (SSSR count). The van der Waals surface area contributed by atoms with Crippen molar-refractivity contribution in [3.63, 3.8) is 0 Å². The number of anilines is 1. The van der Waals surface area contributed by atoms with Crippen molar-refractivity contribution >= 4 is 17.5 Å². The van der Waals surface area contributed by atoms with Crippen LogP contribution in [0.1, 0.15) is 25.0 Å². The lowest BCUT2D eigenvalue weighted by Gasteiger charge is -2.45. The Morgan fingerprint density at radius 1 is 1.23 bits per heavy atom. The van der Waals surface area contributed by atoms with Gasteiger partial charge in [-0.1, -0.05) is 18.2 Å². The summed E-state index contributed by atoms with van der Waals surface area (Å²) in [5.74, 6) is 0.702. The Balaban J connectivity index is 1.92. The molecule has 26 heavy (non-hydrogen) atoms. The molecule has 1 unspecified atom stereocenters. The molecule has 2 aliphatic rings. The lowest BCUT2D eigenvalue weighted by Crippen LogP contribution is -2.58. The molecule has 0 bridgehead atoms. The summed E-state index contributed by atoms with van der Waals surface area (Å²) in [7, 11) is 3.45. The molecule has 0 amide bonds. The van der Waals surface area contributed by atoms with Crippen LogP contribution < -0.4 is 14.4 Å². The molecule has 0 N–H and O–H groups in total. The van der Waals surface area contributed by atoms with E-state index in [0.717, 1.165) is 11.3 Å². The molecule has 0 saturated carbocycles. The van der Waals surface area contributed by atoms with E-state index in [0.29, 0.717) is 11.3 Å². The molecular weight excluding hydrogens is 332 g/mol. The van der Waals surface area contributed by atoms with Crippen molar-refractivity contribution in [3.8, 4) is 11.5 Å². The van der Waals surface area contributed by atoms with Crippen LogP contribution in [0.4, 0.5) is 11.4 Å². The van der Waals surface area contributed by atoms with Gasteiger partial charge in [-0.2, -0.15) is 0 Å². The van der Waals surface area contributed by atoms with Gasteiger partial charge in [0.25, 0.3) is 0 Å². The highest BCUT2D eigenvalue weighted by Crippen LogP contribution is 2.55. The maximum atomic E-state index is 11.6. The third-order valence-corrected chi connectivity index (χ3v) is 5.58.